The quantitative estimate of drug-likeness (QED) is 0.648. The number of hydrogen-bond donors (Lipinski definition) is 0. The van der Waals surface area contributed by atoms with Crippen molar-refractivity contribution in [2.45, 2.75) is 0 Å². The van der Waals surface area contributed by atoms with Crippen molar-refractivity contribution in [3.8, 4) is 22.7 Å². The zero-order valence-corrected chi connectivity index (χ0v) is 16.0. The van der Waals surface area contributed by atoms with E-state index in [0.29, 0.717) is 13.2 Å². The fourth-order valence-electron chi connectivity index (χ4n) is 3.14. The molecule has 0 spiro atoms. The number of benzene rings is 2. The van der Waals surface area contributed by atoms with Crippen molar-refractivity contribution >= 4 is 17.2 Å². The fraction of sp³-hybridized carbons (Fsp3) is 0.238. The van der Waals surface area contributed by atoms with Gasteiger partial charge in [0.15, 0.2) is 0 Å². The smallest absolute Gasteiger partial charge is 0.118 e. The molecule has 5 nitrogen and oxygen atoms in total. The molecule has 138 valence electrons. The predicted molar refractivity (Wildman–Crippen MR) is 110 cm³/mol. The SMILES string of the molecule is COc1ccc(-c2nn(-c3ccccc3)cc2C(=S)N2CCOCC2)cc1. The number of ether oxygens (including phenoxy) is 2. The highest BCUT2D eigenvalue weighted by atomic mass is 32.1. The first-order valence-corrected chi connectivity index (χ1v) is 9.33. The van der Waals surface area contributed by atoms with Crippen LogP contribution in [0.1, 0.15) is 5.56 Å². The molecule has 1 fully saturated rings. The van der Waals surface area contributed by atoms with E-state index >= 15 is 0 Å². The molecule has 3 aromatic rings. The van der Waals surface area contributed by atoms with E-state index in [1.807, 2.05) is 65.5 Å². The maximum absolute atomic E-state index is 5.83. The van der Waals surface area contributed by atoms with Crippen LogP contribution < -0.4 is 4.74 Å². The Morgan fingerprint density at radius 2 is 1.74 bits per heavy atom. The summed E-state index contributed by atoms with van der Waals surface area (Å²) in [5, 5.41) is 4.85. The Labute approximate surface area is 164 Å². The molecule has 1 saturated heterocycles. The third-order valence-electron chi connectivity index (χ3n) is 4.63. The van der Waals surface area contributed by atoms with Gasteiger partial charge in [0, 0.05) is 24.8 Å². The summed E-state index contributed by atoms with van der Waals surface area (Å²) in [5.74, 6) is 0.818. The lowest BCUT2D eigenvalue weighted by Gasteiger charge is -2.29. The van der Waals surface area contributed by atoms with Crippen molar-refractivity contribution in [1.29, 1.82) is 0 Å². The Bertz CT molecular complexity index is 916. The minimum absolute atomic E-state index is 0.699. The van der Waals surface area contributed by atoms with Crippen LogP contribution in [0.3, 0.4) is 0 Å². The molecule has 1 aliphatic rings. The topological polar surface area (TPSA) is 39.5 Å². The monoisotopic (exact) mass is 379 g/mol. The van der Waals surface area contributed by atoms with Crippen molar-refractivity contribution in [2.24, 2.45) is 0 Å². The second-order valence-electron chi connectivity index (χ2n) is 6.30. The van der Waals surface area contributed by atoms with Gasteiger partial charge in [0.05, 0.1) is 31.6 Å². The number of aromatic nitrogens is 2. The lowest BCUT2D eigenvalue weighted by Crippen LogP contribution is -2.40. The summed E-state index contributed by atoms with van der Waals surface area (Å²) in [7, 11) is 1.66. The van der Waals surface area contributed by atoms with Crippen LogP contribution in [0.2, 0.25) is 0 Å². The molecule has 4 rings (SSSR count). The van der Waals surface area contributed by atoms with E-state index in [9.17, 15) is 0 Å². The van der Waals surface area contributed by atoms with Gasteiger partial charge in [-0.25, -0.2) is 4.68 Å². The molecule has 6 heteroatoms. The first kappa shape index (κ1) is 17.7. The van der Waals surface area contributed by atoms with Crippen molar-refractivity contribution in [1.82, 2.24) is 14.7 Å². The molecule has 1 aliphatic heterocycles. The average Bonchev–Trinajstić information content (AvgIpc) is 3.20. The molecular weight excluding hydrogens is 358 g/mol. The third-order valence-corrected chi connectivity index (χ3v) is 5.11. The molecule has 27 heavy (non-hydrogen) atoms. The van der Waals surface area contributed by atoms with Gasteiger partial charge in [-0.1, -0.05) is 30.4 Å². The Kier molecular flexibility index (Phi) is 5.18. The largest absolute Gasteiger partial charge is 0.497 e. The lowest BCUT2D eigenvalue weighted by atomic mass is 10.1. The average molecular weight is 379 g/mol. The van der Waals surface area contributed by atoms with Crippen LogP contribution in [-0.2, 0) is 4.74 Å². The maximum Gasteiger partial charge on any atom is 0.118 e. The van der Waals surface area contributed by atoms with Gasteiger partial charge in [0.1, 0.15) is 16.4 Å². The zero-order valence-electron chi connectivity index (χ0n) is 15.2. The van der Waals surface area contributed by atoms with E-state index in [1.54, 1.807) is 7.11 Å². The predicted octanol–water partition coefficient (Wildman–Crippen LogP) is 3.56. The van der Waals surface area contributed by atoms with Gasteiger partial charge in [-0.2, -0.15) is 5.10 Å². The second kappa shape index (κ2) is 7.90. The van der Waals surface area contributed by atoms with Crippen LogP contribution in [-0.4, -0.2) is 53.1 Å². The highest BCUT2D eigenvalue weighted by Gasteiger charge is 2.22. The summed E-state index contributed by atoms with van der Waals surface area (Å²) >= 11 is 5.83. The van der Waals surface area contributed by atoms with E-state index in [2.05, 4.69) is 4.90 Å². The minimum Gasteiger partial charge on any atom is -0.497 e. The van der Waals surface area contributed by atoms with E-state index in [4.69, 9.17) is 26.8 Å². The first-order chi connectivity index (χ1) is 13.3. The van der Waals surface area contributed by atoms with Crippen LogP contribution in [0.5, 0.6) is 5.75 Å². The molecule has 1 aromatic heterocycles. The molecule has 2 heterocycles. The van der Waals surface area contributed by atoms with E-state index in [-0.39, 0.29) is 0 Å². The summed E-state index contributed by atoms with van der Waals surface area (Å²) in [6.07, 6.45) is 2.02. The van der Waals surface area contributed by atoms with E-state index in [1.165, 1.54) is 0 Å². The number of nitrogens with zero attached hydrogens (tertiary/aromatic N) is 3. The molecule has 0 N–H and O–H groups in total. The number of methoxy groups -OCH3 is 1. The summed E-state index contributed by atoms with van der Waals surface area (Å²) in [5.41, 5.74) is 3.85. The Morgan fingerprint density at radius 1 is 1.04 bits per heavy atom. The fourth-order valence-corrected chi connectivity index (χ4v) is 3.47. The molecular formula is C21H21N3O2S. The Morgan fingerprint density at radius 3 is 2.41 bits per heavy atom. The lowest BCUT2D eigenvalue weighted by molar-refractivity contribution is 0.0693. The highest BCUT2D eigenvalue weighted by molar-refractivity contribution is 7.80. The molecule has 2 aromatic carbocycles. The summed E-state index contributed by atoms with van der Waals surface area (Å²) in [4.78, 5) is 3.00. The molecule has 0 saturated carbocycles. The molecule has 0 atom stereocenters. The van der Waals surface area contributed by atoms with Gasteiger partial charge in [0.2, 0.25) is 0 Å². The van der Waals surface area contributed by atoms with Gasteiger partial charge in [0.25, 0.3) is 0 Å². The van der Waals surface area contributed by atoms with Gasteiger partial charge in [-0.15, -0.1) is 0 Å². The van der Waals surface area contributed by atoms with Crippen molar-refractivity contribution < 1.29 is 9.47 Å². The second-order valence-corrected chi connectivity index (χ2v) is 6.69. The molecule has 0 radical (unpaired) electrons. The Balaban J connectivity index is 1.77. The van der Waals surface area contributed by atoms with Crippen molar-refractivity contribution in [3.05, 3.63) is 66.4 Å². The number of morpholine rings is 1. The normalized spacial score (nSPS) is 14.2. The van der Waals surface area contributed by atoms with E-state index < -0.39 is 0 Å². The summed E-state index contributed by atoms with van der Waals surface area (Å²) < 4.78 is 12.6. The van der Waals surface area contributed by atoms with E-state index in [0.717, 1.165) is 46.3 Å². The minimum atomic E-state index is 0.699. The van der Waals surface area contributed by atoms with Crippen molar-refractivity contribution in [2.75, 3.05) is 33.4 Å². The standard InChI is InChI=1S/C21H21N3O2S/c1-25-18-9-7-16(8-10-18)20-19(21(27)23-11-13-26-14-12-23)15-24(22-20)17-5-3-2-4-6-17/h2-10,15H,11-14H2,1H3. The van der Waals surface area contributed by atoms with Gasteiger partial charge >= 0.3 is 0 Å². The number of rotatable bonds is 4. The van der Waals surface area contributed by atoms with Crippen LogP contribution >= 0.6 is 12.2 Å². The van der Waals surface area contributed by atoms with Gasteiger partial charge in [-0.3, -0.25) is 0 Å². The third kappa shape index (κ3) is 3.72. The molecule has 0 bridgehead atoms. The number of para-hydroxylation sites is 1. The number of hydrogen-bond acceptors (Lipinski definition) is 4. The molecule has 0 amide bonds. The van der Waals surface area contributed by atoms with Gasteiger partial charge < -0.3 is 14.4 Å². The highest BCUT2D eigenvalue weighted by Crippen LogP contribution is 2.27. The van der Waals surface area contributed by atoms with Gasteiger partial charge in [-0.05, 0) is 36.4 Å². The van der Waals surface area contributed by atoms with Crippen LogP contribution in [0, 0.1) is 0 Å². The summed E-state index contributed by atoms with van der Waals surface area (Å²) in [6.45, 7) is 3.00. The van der Waals surface area contributed by atoms with Crippen LogP contribution in [0.4, 0.5) is 0 Å². The maximum atomic E-state index is 5.83. The summed E-state index contributed by atoms with van der Waals surface area (Å²) in [6, 6.07) is 18.0. The van der Waals surface area contributed by atoms with Crippen LogP contribution in [0.25, 0.3) is 16.9 Å². The number of thiocarbonyl (C=S) groups is 1. The molecule has 0 unspecified atom stereocenters. The van der Waals surface area contributed by atoms with Crippen molar-refractivity contribution in [3.63, 3.8) is 0 Å². The zero-order chi connectivity index (χ0) is 18.6. The Hall–Kier alpha value is -2.70. The molecule has 0 aliphatic carbocycles. The van der Waals surface area contributed by atoms with Crippen LogP contribution in [0.15, 0.2) is 60.8 Å². The first-order valence-electron chi connectivity index (χ1n) is 8.93.